The van der Waals surface area contributed by atoms with Gasteiger partial charge in [0.15, 0.2) is 15.8 Å². The van der Waals surface area contributed by atoms with Crippen LogP contribution in [0.15, 0.2) is 18.2 Å². The Morgan fingerprint density at radius 1 is 1.00 bits per heavy atom. The number of halogens is 2. The third-order valence-corrected chi connectivity index (χ3v) is 7.35. The highest BCUT2D eigenvalue weighted by molar-refractivity contribution is 7.21. The number of aromatic nitrogens is 3. The summed E-state index contributed by atoms with van der Waals surface area (Å²) in [6.07, 6.45) is 4.78. The van der Waals surface area contributed by atoms with Crippen molar-refractivity contribution < 1.29 is 0 Å². The second kappa shape index (κ2) is 8.48. The van der Waals surface area contributed by atoms with E-state index in [9.17, 15) is 0 Å². The molecule has 30 heavy (non-hydrogen) atoms. The number of rotatable bonds is 4. The Morgan fingerprint density at radius 3 is 2.30 bits per heavy atom. The predicted octanol–water partition coefficient (Wildman–Crippen LogP) is 7.46. The Morgan fingerprint density at radius 2 is 1.67 bits per heavy atom. The van der Waals surface area contributed by atoms with Gasteiger partial charge in [-0.25, -0.2) is 15.0 Å². The van der Waals surface area contributed by atoms with E-state index in [0.29, 0.717) is 32.3 Å². The lowest BCUT2D eigenvalue weighted by atomic mass is 9.71. The second-order valence-electron chi connectivity index (χ2n) is 9.07. The monoisotopic (exact) mass is 463 g/mol. The zero-order valence-corrected chi connectivity index (χ0v) is 20.0. The third-order valence-electron chi connectivity index (χ3n) is 5.86. The number of nitrogens with one attached hydrogen (secondary N) is 2. The molecule has 160 valence electrons. The third kappa shape index (κ3) is 4.66. The summed E-state index contributed by atoms with van der Waals surface area (Å²) in [5, 5.41) is 8.70. The minimum absolute atomic E-state index is 0.374. The lowest BCUT2D eigenvalue weighted by Gasteiger charge is -2.37. The van der Waals surface area contributed by atoms with Crippen molar-refractivity contribution in [1.29, 1.82) is 0 Å². The van der Waals surface area contributed by atoms with Gasteiger partial charge < -0.3 is 10.6 Å². The van der Waals surface area contributed by atoms with Crippen LogP contribution in [0.2, 0.25) is 10.0 Å². The van der Waals surface area contributed by atoms with E-state index >= 15 is 0 Å². The van der Waals surface area contributed by atoms with Crippen LogP contribution in [0.25, 0.3) is 10.3 Å². The molecule has 0 unspecified atom stereocenters. The second-order valence-corrected chi connectivity index (χ2v) is 10.9. The van der Waals surface area contributed by atoms with Gasteiger partial charge in [-0.1, -0.05) is 61.4 Å². The molecule has 1 aromatic carbocycles. The van der Waals surface area contributed by atoms with Crippen molar-refractivity contribution in [1.82, 2.24) is 15.0 Å². The summed E-state index contributed by atoms with van der Waals surface area (Å²) in [4.78, 5) is 14.8. The van der Waals surface area contributed by atoms with Crippen molar-refractivity contribution in [2.45, 2.75) is 59.4 Å². The van der Waals surface area contributed by atoms with Crippen LogP contribution < -0.4 is 10.6 Å². The molecule has 5 nitrogen and oxygen atoms in total. The highest BCUT2D eigenvalue weighted by Crippen LogP contribution is 2.40. The number of para-hydroxylation sites is 1. The molecule has 0 bridgehead atoms. The van der Waals surface area contributed by atoms with E-state index < -0.39 is 0 Å². The zero-order chi connectivity index (χ0) is 21.5. The van der Waals surface area contributed by atoms with E-state index in [4.69, 9.17) is 28.2 Å². The summed E-state index contributed by atoms with van der Waals surface area (Å²) in [5.41, 5.74) is 1.81. The van der Waals surface area contributed by atoms with E-state index in [1.807, 2.05) is 13.0 Å². The fraction of sp³-hybridized carbons (Fsp3) is 0.500. The molecule has 0 aliphatic heterocycles. The van der Waals surface area contributed by atoms with Gasteiger partial charge in [-0.15, -0.1) is 0 Å². The normalized spacial score (nSPS) is 19.8. The highest BCUT2D eigenvalue weighted by Gasteiger charge is 2.30. The average Bonchev–Trinajstić information content (AvgIpc) is 3.07. The lowest BCUT2D eigenvalue weighted by molar-refractivity contribution is 0.173. The van der Waals surface area contributed by atoms with Crippen LogP contribution in [-0.4, -0.2) is 21.0 Å². The molecule has 2 heterocycles. The molecule has 1 saturated carbocycles. The van der Waals surface area contributed by atoms with Crippen molar-refractivity contribution in [2.75, 3.05) is 10.6 Å². The molecule has 0 saturated heterocycles. The maximum Gasteiger partial charge on any atom is 0.190 e. The summed E-state index contributed by atoms with van der Waals surface area (Å²) in [6, 6.07) is 5.83. The number of anilines is 3. The van der Waals surface area contributed by atoms with Gasteiger partial charge in [0.05, 0.1) is 15.7 Å². The number of benzene rings is 1. The van der Waals surface area contributed by atoms with Crippen LogP contribution in [0.4, 0.5) is 16.6 Å². The van der Waals surface area contributed by atoms with Crippen molar-refractivity contribution in [3.05, 3.63) is 34.1 Å². The Labute approximate surface area is 191 Å². The first-order valence-corrected chi connectivity index (χ1v) is 11.9. The predicted molar refractivity (Wildman–Crippen MR) is 129 cm³/mol. The first-order chi connectivity index (χ1) is 14.2. The summed E-state index contributed by atoms with van der Waals surface area (Å²) in [7, 11) is 0. The van der Waals surface area contributed by atoms with Gasteiger partial charge in [0.25, 0.3) is 0 Å². The zero-order valence-electron chi connectivity index (χ0n) is 17.7. The van der Waals surface area contributed by atoms with Crippen LogP contribution in [0.1, 0.15) is 52.3 Å². The van der Waals surface area contributed by atoms with E-state index in [1.165, 1.54) is 24.2 Å². The summed E-state index contributed by atoms with van der Waals surface area (Å²) in [5.74, 6) is 2.32. The Hall–Kier alpha value is -1.63. The molecule has 1 aliphatic carbocycles. The van der Waals surface area contributed by atoms with Gasteiger partial charge in [-0.05, 0) is 56.1 Å². The molecule has 0 radical (unpaired) electrons. The van der Waals surface area contributed by atoms with E-state index in [-0.39, 0.29) is 0 Å². The van der Waals surface area contributed by atoms with Gasteiger partial charge in [-0.2, -0.15) is 0 Å². The van der Waals surface area contributed by atoms with Crippen LogP contribution >= 0.6 is 34.5 Å². The van der Waals surface area contributed by atoms with E-state index in [0.717, 1.165) is 40.7 Å². The Bertz CT molecular complexity index is 1030. The topological polar surface area (TPSA) is 62.7 Å². The van der Waals surface area contributed by atoms with E-state index in [2.05, 4.69) is 41.4 Å². The first-order valence-electron chi connectivity index (χ1n) is 10.3. The molecule has 0 spiro atoms. The van der Waals surface area contributed by atoms with Gasteiger partial charge in [0, 0.05) is 6.04 Å². The number of hydrogen-bond donors (Lipinski definition) is 2. The molecular formula is C22H27Cl2N5S. The quantitative estimate of drug-likeness (QED) is 0.420. The molecule has 0 amide bonds. The average molecular weight is 464 g/mol. The number of hydrogen-bond acceptors (Lipinski definition) is 6. The van der Waals surface area contributed by atoms with Gasteiger partial charge in [-0.3, -0.25) is 0 Å². The van der Waals surface area contributed by atoms with Crippen LogP contribution in [-0.2, 0) is 0 Å². The summed E-state index contributed by atoms with van der Waals surface area (Å²) < 4.78 is 0. The number of thiazole rings is 1. The van der Waals surface area contributed by atoms with Crippen LogP contribution in [0.5, 0.6) is 0 Å². The van der Waals surface area contributed by atoms with Crippen LogP contribution in [0, 0.1) is 18.3 Å². The fourth-order valence-electron chi connectivity index (χ4n) is 4.10. The number of fused-ring (bicyclic) bond motifs is 1. The molecular weight excluding hydrogens is 437 g/mol. The van der Waals surface area contributed by atoms with E-state index in [1.54, 1.807) is 12.1 Å². The highest BCUT2D eigenvalue weighted by atomic mass is 35.5. The van der Waals surface area contributed by atoms with Crippen molar-refractivity contribution in [3.63, 3.8) is 0 Å². The van der Waals surface area contributed by atoms with Gasteiger partial charge in [0.2, 0.25) is 0 Å². The van der Waals surface area contributed by atoms with Crippen molar-refractivity contribution >= 4 is 61.5 Å². The molecule has 2 aromatic heterocycles. The maximum absolute atomic E-state index is 6.30. The van der Waals surface area contributed by atoms with Crippen molar-refractivity contribution in [3.8, 4) is 0 Å². The fourth-order valence-corrected chi connectivity index (χ4v) is 5.49. The number of aryl methyl sites for hydroxylation is 1. The Kier molecular flexibility index (Phi) is 6.11. The minimum atomic E-state index is 0.374. The molecule has 1 aliphatic rings. The largest absolute Gasteiger partial charge is 0.365 e. The Balaban J connectivity index is 1.56. The molecule has 8 heteroatoms. The standard InChI is InChI=1S/C22H27Cl2N5S/c1-12-25-19(27-14-10-8-13(9-11-14)22(2,3)4)18-20(26-12)30-21(29-18)28-17-15(23)6-5-7-16(17)24/h5-7,13-14H,8-11H2,1-4H3,(H,28,29)(H,25,26,27). The smallest absolute Gasteiger partial charge is 0.190 e. The molecule has 4 rings (SSSR count). The maximum atomic E-state index is 6.30. The SMILES string of the molecule is Cc1nc(NC2CCC(C(C)(C)C)CC2)c2nc(Nc3c(Cl)cccc3Cl)sc2n1. The van der Waals surface area contributed by atoms with Crippen molar-refractivity contribution in [2.24, 2.45) is 11.3 Å². The van der Waals surface area contributed by atoms with Gasteiger partial charge >= 0.3 is 0 Å². The lowest BCUT2D eigenvalue weighted by Crippen LogP contribution is -2.31. The number of nitrogens with zero attached hydrogens (tertiary/aromatic N) is 3. The summed E-state index contributed by atoms with van der Waals surface area (Å²) >= 11 is 14.1. The molecule has 1 fully saturated rings. The molecule has 3 aromatic rings. The van der Waals surface area contributed by atoms with Gasteiger partial charge in [0.1, 0.15) is 11.3 Å². The molecule has 2 N–H and O–H groups in total. The minimum Gasteiger partial charge on any atom is -0.365 e. The first kappa shape index (κ1) is 21.6. The van der Waals surface area contributed by atoms with Crippen LogP contribution in [0.3, 0.4) is 0 Å². The summed E-state index contributed by atoms with van der Waals surface area (Å²) in [6.45, 7) is 8.95. The molecule has 0 atom stereocenters.